The quantitative estimate of drug-likeness (QED) is 0.824. The molecule has 2 N–H and O–H groups in total. The molecule has 1 aromatic heterocycles. The van der Waals surface area contributed by atoms with Gasteiger partial charge in [-0.15, -0.1) is 5.10 Å². The summed E-state index contributed by atoms with van der Waals surface area (Å²) >= 11 is 0.951. The first-order valence-electron chi connectivity index (χ1n) is 5.61. The van der Waals surface area contributed by atoms with E-state index in [0.717, 1.165) is 11.5 Å². The third-order valence-corrected chi connectivity index (χ3v) is 3.21. The predicted molar refractivity (Wildman–Crippen MR) is 73.0 cm³/mol. The van der Waals surface area contributed by atoms with Crippen molar-refractivity contribution >= 4 is 23.1 Å². The molecule has 2 rings (SSSR count). The summed E-state index contributed by atoms with van der Waals surface area (Å²) in [6.45, 7) is 1.36. The van der Waals surface area contributed by atoms with E-state index in [1.165, 1.54) is 12.1 Å². The maximum absolute atomic E-state index is 13.8. The molecule has 20 heavy (non-hydrogen) atoms. The Kier molecular flexibility index (Phi) is 4.40. The normalized spacial score (nSPS) is 9.75. The Morgan fingerprint density at radius 3 is 2.95 bits per heavy atom. The number of aryl methyl sites for hydroxylation is 1. The Hall–Kier alpha value is -2.30. The second kappa shape index (κ2) is 6.23. The molecule has 0 unspecified atom stereocenters. The number of carbonyl (C=O) groups excluding carboxylic acids is 1. The van der Waals surface area contributed by atoms with Crippen LogP contribution in [-0.2, 0) is 0 Å². The molecule has 0 saturated carbocycles. The van der Waals surface area contributed by atoms with Gasteiger partial charge in [-0.3, -0.25) is 4.79 Å². The van der Waals surface area contributed by atoms with E-state index in [1.54, 1.807) is 13.0 Å². The molecule has 2 aromatic rings. The van der Waals surface area contributed by atoms with Crippen molar-refractivity contribution in [3.63, 3.8) is 0 Å². The average Bonchev–Trinajstić information content (AvgIpc) is 2.85. The number of nitrogens with zero attached hydrogens (tertiary/aromatic N) is 2. The summed E-state index contributed by atoms with van der Waals surface area (Å²) < 4.78 is 17.5. The second-order valence-corrected chi connectivity index (χ2v) is 4.55. The van der Waals surface area contributed by atoms with Gasteiger partial charge in [0.25, 0.3) is 5.91 Å². The van der Waals surface area contributed by atoms with Crippen molar-refractivity contribution in [2.45, 2.75) is 6.92 Å². The molecule has 0 aliphatic carbocycles. The van der Waals surface area contributed by atoms with Crippen LogP contribution in [0.1, 0.15) is 20.9 Å². The first kappa shape index (κ1) is 14.1. The van der Waals surface area contributed by atoms with E-state index in [2.05, 4.69) is 26.7 Å². The first-order valence-corrected chi connectivity index (χ1v) is 6.38. The Labute approximate surface area is 118 Å². The maximum atomic E-state index is 13.8. The van der Waals surface area contributed by atoms with Crippen LogP contribution in [0.25, 0.3) is 0 Å². The smallest absolute Gasteiger partial charge is 0.269 e. The molecular weight excluding hydrogens is 281 g/mol. The van der Waals surface area contributed by atoms with Crippen LogP contribution in [0.15, 0.2) is 18.2 Å². The number of rotatable bonds is 2. The summed E-state index contributed by atoms with van der Waals surface area (Å²) in [4.78, 5) is 12.2. The van der Waals surface area contributed by atoms with E-state index in [1.807, 2.05) is 0 Å². The highest BCUT2D eigenvalue weighted by atomic mass is 32.1. The van der Waals surface area contributed by atoms with E-state index in [4.69, 9.17) is 5.11 Å². The Bertz CT molecular complexity index is 703. The third kappa shape index (κ3) is 3.17. The van der Waals surface area contributed by atoms with Gasteiger partial charge in [0.2, 0.25) is 0 Å². The number of halogens is 1. The van der Waals surface area contributed by atoms with Gasteiger partial charge in [-0.25, -0.2) is 4.39 Å². The number of aliphatic hydroxyl groups is 1. The predicted octanol–water partition coefficient (Wildman–Crippen LogP) is 1.58. The lowest BCUT2D eigenvalue weighted by molar-refractivity contribution is 0.102. The van der Waals surface area contributed by atoms with Crippen molar-refractivity contribution in [3.8, 4) is 11.8 Å². The van der Waals surface area contributed by atoms with Gasteiger partial charge in [-0.2, -0.15) is 0 Å². The van der Waals surface area contributed by atoms with Crippen LogP contribution in [0.2, 0.25) is 0 Å². The van der Waals surface area contributed by atoms with Crippen LogP contribution in [0.4, 0.5) is 10.1 Å². The summed E-state index contributed by atoms with van der Waals surface area (Å²) in [5, 5.41) is 14.7. The third-order valence-electron chi connectivity index (χ3n) is 2.39. The lowest BCUT2D eigenvalue weighted by Crippen LogP contribution is -2.12. The number of aromatic nitrogens is 2. The number of benzene rings is 1. The van der Waals surface area contributed by atoms with Crippen LogP contribution in [0.3, 0.4) is 0 Å². The molecule has 1 heterocycles. The molecule has 0 spiro atoms. The van der Waals surface area contributed by atoms with Gasteiger partial charge in [0.05, 0.1) is 11.4 Å². The van der Waals surface area contributed by atoms with E-state index in [-0.39, 0.29) is 12.3 Å². The lowest BCUT2D eigenvalue weighted by Gasteiger charge is -2.05. The second-order valence-electron chi connectivity index (χ2n) is 3.80. The van der Waals surface area contributed by atoms with Crippen LogP contribution in [0.5, 0.6) is 0 Å². The van der Waals surface area contributed by atoms with Crippen LogP contribution in [0, 0.1) is 24.6 Å². The SMILES string of the molecule is Cc1nnsc1C(=O)Nc1ccc(C#CCO)cc1F. The molecule has 0 bridgehead atoms. The molecule has 0 saturated heterocycles. The fourth-order valence-electron chi connectivity index (χ4n) is 1.45. The van der Waals surface area contributed by atoms with E-state index < -0.39 is 11.7 Å². The number of amides is 1. The van der Waals surface area contributed by atoms with Crippen LogP contribution >= 0.6 is 11.5 Å². The molecule has 0 fully saturated rings. The minimum absolute atomic E-state index is 0.0531. The zero-order valence-electron chi connectivity index (χ0n) is 10.5. The molecular formula is C13H10FN3O2S. The van der Waals surface area contributed by atoms with Crippen molar-refractivity contribution in [1.29, 1.82) is 0 Å². The highest BCUT2D eigenvalue weighted by Gasteiger charge is 2.15. The number of hydrogen-bond acceptors (Lipinski definition) is 5. The zero-order valence-corrected chi connectivity index (χ0v) is 11.3. The highest BCUT2D eigenvalue weighted by molar-refractivity contribution is 7.08. The van der Waals surface area contributed by atoms with Gasteiger partial charge in [-0.05, 0) is 36.7 Å². The topological polar surface area (TPSA) is 75.1 Å². The molecule has 1 aromatic carbocycles. The number of carbonyl (C=O) groups is 1. The first-order chi connectivity index (χ1) is 9.61. The van der Waals surface area contributed by atoms with Crippen molar-refractivity contribution in [2.24, 2.45) is 0 Å². The lowest BCUT2D eigenvalue weighted by atomic mass is 10.2. The maximum Gasteiger partial charge on any atom is 0.269 e. The summed E-state index contributed by atoms with van der Waals surface area (Å²) in [6, 6.07) is 4.16. The van der Waals surface area contributed by atoms with Gasteiger partial charge in [-0.1, -0.05) is 16.3 Å². The summed E-state index contributed by atoms with van der Waals surface area (Å²) in [5.41, 5.74) is 0.973. The Morgan fingerprint density at radius 1 is 1.55 bits per heavy atom. The fraction of sp³-hybridized carbons (Fsp3) is 0.154. The number of nitrogens with one attached hydrogen (secondary N) is 1. The standard InChI is InChI=1S/C13H10FN3O2S/c1-8-12(20-17-16-8)13(19)15-11-5-4-9(3-2-6-18)7-10(11)14/h4-5,7,18H,6H2,1H3,(H,15,19). The van der Waals surface area contributed by atoms with Gasteiger partial charge in [0.15, 0.2) is 0 Å². The van der Waals surface area contributed by atoms with Gasteiger partial charge in [0.1, 0.15) is 17.3 Å². The minimum Gasteiger partial charge on any atom is -0.384 e. The largest absolute Gasteiger partial charge is 0.384 e. The molecule has 102 valence electrons. The van der Waals surface area contributed by atoms with Crippen molar-refractivity contribution in [1.82, 2.24) is 9.59 Å². The van der Waals surface area contributed by atoms with Gasteiger partial charge in [0, 0.05) is 5.56 Å². The summed E-state index contributed by atoms with van der Waals surface area (Å²) in [7, 11) is 0. The molecule has 7 heteroatoms. The summed E-state index contributed by atoms with van der Waals surface area (Å²) in [6.07, 6.45) is 0. The van der Waals surface area contributed by atoms with Crippen molar-refractivity contribution < 1.29 is 14.3 Å². The van der Waals surface area contributed by atoms with E-state index >= 15 is 0 Å². The molecule has 0 aliphatic rings. The fourth-order valence-corrected chi connectivity index (χ4v) is 2.01. The van der Waals surface area contributed by atoms with E-state index in [9.17, 15) is 9.18 Å². The zero-order chi connectivity index (χ0) is 14.5. The van der Waals surface area contributed by atoms with Gasteiger partial charge >= 0.3 is 0 Å². The van der Waals surface area contributed by atoms with E-state index in [0.29, 0.717) is 16.1 Å². The highest BCUT2D eigenvalue weighted by Crippen LogP contribution is 2.18. The Morgan fingerprint density at radius 2 is 2.35 bits per heavy atom. The summed E-state index contributed by atoms with van der Waals surface area (Å²) in [5.74, 6) is 3.95. The molecule has 0 atom stereocenters. The van der Waals surface area contributed by atoms with Crippen LogP contribution in [-0.4, -0.2) is 27.2 Å². The minimum atomic E-state index is -0.599. The van der Waals surface area contributed by atoms with Crippen LogP contribution < -0.4 is 5.32 Å². The number of aliphatic hydroxyl groups excluding tert-OH is 1. The van der Waals surface area contributed by atoms with Crippen molar-refractivity contribution in [2.75, 3.05) is 11.9 Å². The number of hydrogen-bond donors (Lipinski definition) is 2. The average molecular weight is 291 g/mol. The van der Waals surface area contributed by atoms with Gasteiger partial charge < -0.3 is 10.4 Å². The molecule has 1 amide bonds. The molecule has 5 nitrogen and oxygen atoms in total. The number of anilines is 1. The molecule has 0 radical (unpaired) electrons. The Balaban J connectivity index is 2.18. The monoisotopic (exact) mass is 291 g/mol. The molecule has 0 aliphatic heterocycles. The van der Waals surface area contributed by atoms with Crippen molar-refractivity contribution in [3.05, 3.63) is 40.2 Å².